The molecule has 2 aliphatic heterocycles. The lowest BCUT2D eigenvalue weighted by atomic mass is 9.93. The number of carbonyl (C=O) groups excluding carboxylic acids is 1. The van der Waals surface area contributed by atoms with Crippen molar-refractivity contribution in [3.8, 4) is 0 Å². The van der Waals surface area contributed by atoms with E-state index in [1.807, 2.05) is 18.2 Å². The molecule has 1 aromatic rings. The summed E-state index contributed by atoms with van der Waals surface area (Å²) in [6, 6.07) is 7.88. The molecule has 1 N–H and O–H groups in total. The first kappa shape index (κ1) is 25.4. The zero-order valence-corrected chi connectivity index (χ0v) is 21.4. The summed E-state index contributed by atoms with van der Waals surface area (Å²) >= 11 is 0. The molecule has 4 nitrogen and oxygen atoms in total. The number of halogens is 1. The number of hydrogen-bond donors (Lipinski definition) is 1. The summed E-state index contributed by atoms with van der Waals surface area (Å²) in [5.41, 5.74) is 2.16. The molecular weight excluding hydrogens is 421 g/mol. The highest BCUT2D eigenvalue weighted by molar-refractivity contribution is 6.72. The van der Waals surface area contributed by atoms with E-state index in [0.29, 0.717) is 13.0 Å². The maximum atomic E-state index is 15.4. The molecule has 2 aliphatic rings. The van der Waals surface area contributed by atoms with Gasteiger partial charge in [-0.3, -0.25) is 4.79 Å². The Labute approximate surface area is 194 Å². The van der Waals surface area contributed by atoms with Gasteiger partial charge in [0.25, 0.3) is 0 Å². The Bertz CT molecular complexity index is 753. The molecule has 1 fully saturated rings. The van der Waals surface area contributed by atoms with Crippen LogP contribution in [0.25, 0.3) is 0 Å². The van der Waals surface area contributed by atoms with Crippen molar-refractivity contribution < 1.29 is 18.7 Å². The van der Waals surface area contributed by atoms with Gasteiger partial charge in [-0.25, -0.2) is 0 Å². The fraction of sp³-hybridized carbons (Fsp3) is 0.731. The van der Waals surface area contributed by atoms with Gasteiger partial charge in [-0.1, -0.05) is 70.2 Å². The van der Waals surface area contributed by atoms with Crippen molar-refractivity contribution in [3.63, 3.8) is 0 Å². The molecule has 1 amide bonds. The van der Waals surface area contributed by atoms with E-state index in [1.165, 1.54) is 31.2 Å². The lowest BCUT2D eigenvalue weighted by Gasteiger charge is -2.37. The lowest BCUT2D eigenvalue weighted by molar-refractivity contribution is -0.138. The van der Waals surface area contributed by atoms with E-state index in [4.69, 9.17) is 4.74 Å². The predicted molar refractivity (Wildman–Crippen MR) is 130 cm³/mol. The maximum absolute atomic E-state index is 15.4. The summed E-state index contributed by atoms with van der Waals surface area (Å²) in [4.78, 5) is 15.2. The van der Waals surface area contributed by atoms with Gasteiger partial charge in [0.05, 0.1) is 31.3 Å². The van der Waals surface area contributed by atoms with Crippen molar-refractivity contribution in [1.82, 2.24) is 4.90 Å². The monoisotopic (exact) mass is 463 g/mol. The second kappa shape index (κ2) is 11.3. The number of hydrogen-bond acceptors (Lipinski definition) is 3. The molecule has 3 rings (SSSR count). The van der Waals surface area contributed by atoms with Crippen LogP contribution < -0.4 is 0 Å². The van der Waals surface area contributed by atoms with Gasteiger partial charge in [0.15, 0.2) is 0 Å². The first-order valence-electron chi connectivity index (χ1n) is 12.6. The topological polar surface area (TPSA) is 49.8 Å². The molecule has 0 spiro atoms. The quantitative estimate of drug-likeness (QED) is 0.278. The van der Waals surface area contributed by atoms with E-state index in [2.05, 4.69) is 19.9 Å². The van der Waals surface area contributed by atoms with Gasteiger partial charge >= 0.3 is 0 Å². The molecule has 5 atom stereocenters. The van der Waals surface area contributed by atoms with Gasteiger partial charge in [0.1, 0.15) is 0 Å². The van der Waals surface area contributed by atoms with Crippen molar-refractivity contribution in [1.29, 1.82) is 0 Å². The molecule has 0 saturated carbocycles. The van der Waals surface area contributed by atoms with Crippen LogP contribution in [-0.4, -0.2) is 49.2 Å². The van der Waals surface area contributed by atoms with Crippen LogP contribution in [0.2, 0.25) is 18.6 Å². The Kier molecular flexibility index (Phi) is 8.93. The summed E-state index contributed by atoms with van der Waals surface area (Å²) in [6.45, 7) is 8.29. The van der Waals surface area contributed by atoms with Crippen molar-refractivity contribution in [2.45, 2.75) is 109 Å². The average molecular weight is 464 g/mol. The standard InChI is InChI=1S/C26H42FNO3Si/c1-5-6-7-8-9-14-23-19(2)26(32(3,4)27)24(31-23)16-25(30)28-17-21-13-11-10-12-20(21)15-22(28)18-29/h10-13,19,22-24,26,29H,5-9,14-18H2,1-4H3/t19-,22+,23+,24-,26+/m1/s1. The second-order valence-corrected chi connectivity index (χ2v) is 14.2. The number of amides is 1. The minimum atomic E-state index is -3.00. The molecule has 0 aliphatic carbocycles. The van der Waals surface area contributed by atoms with Crippen LogP contribution in [0.1, 0.15) is 69.9 Å². The van der Waals surface area contributed by atoms with Crippen molar-refractivity contribution in [2.24, 2.45) is 5.92 Å². The highest BCUT2D eigenvalue weighted by atomic mass is 28.4. The molecule has 0 aromatic heterocycles. The zero-order valence-electron chi connectivity index (χ0n) is 20.4. The molecule has 0 unspecified atom stereocenters. The SMILES string of the molecule is CCCCCCC[C@@H]1O[C@H](CC(=O)N2Cc3ccccc3C[C@H]2CO)[C@@H]([Si](C)(C)F)[C@@H]1C. The van der Waals surface area contributed by atoms with Gasteiger partial charge in [0, 0.05) is 12.1 Å². The van der Waals surface area contributed by atoms with Crippen molar-refractivity contribution in [3.05, 3.63) is 35.4 Å². The van der Waals surface area contributed by atoms with Crippen LogP contribution in [0.5, 0.6) is 0 Å². The molecule has 0 radical (unpaired) electrons. The largest absolute Gasteiger partial charge is 0.394 e. The molecular formula is C26H42FNO3Si. The van der Waals surface area contributed by atoms with Crippen LogP contribution in [-0.2, 0) is 22.5 Å². The Hall–Kier alpha value is -1.24. The van der Waals surface area contributed by atoms with E-state index in [9.17, 15) is 9.90 Å². The third-order valence-corrected chi connectivity index (χ3v) is 10.0. The molecule has 1 aromatic carbocycles. The lowest BCUT2D eigenvalue weighted by Crippen LogP contribution is -2.48. The first-order chi connectivity index (χ1) is 15.3. The molecule has 2 heterocycles. The smallest absolute Gasteiger partial charge is 0.246 e. The maximum Gasteiger partial charge on any atom is 0.246 e. The highest BCUT2D eigenvalue weighted by Gasteiger charge is 2.51. The highest BCUT2D eigenvalue weighted by Crippen LogP contribution is 2.47. The average Bonchev–Trinajstić information content (AvgIpc) is 3.07. The van der Waals surface area contributed by atoms with Crippen molar-refractivity contribution >= 4 is 14.3 Å². The Morgan fingerprint density at radius 3 is 2.50 bits per heavy atom. The normalized spacial score (nSPS) is 28.1. The fourth-order valence-corrected chi connectivity index (χ4v) is 8.40. The third kappa shape index (κ3) is 6.00. The Morgan fingerprint density at radius 2 is 1.84 bits per heavy atom. The van der Waals surface area contributed by atoms with E-state index in [-0.39, 0.29) is 48.6 Å². The number of fused-ring (bicyclic) bond motifs is 1. The zero-order chi connectivity index (χ0) is 23.3. The predicted octanol–water partition coefficient (Wildman–Crippen LogP) is 5.63. The van der Waals surface area contributed by atoms with E-state index in [0.717, 1.165) is 18.4 Å². The first-order valence-corrected chi connectivity index (χ1v) is 15.5. The number of nitrogens with zero attached hydrogens (tertiary/aromatic N) is 1. The van der Waals surface area contributed by atoms with Crippen LogP contribution >= 0.6 is 0 Å². The number of rotatable bonds is 10. The van der Waals surface area contributed by atoms with Gasteiger partial charge in [-0.2, -0.15) is 0 Å². The number of aliphatic hydroxyl groups is 1. The van der Waals surface area contributed by atoms with Gasteiger partial charge in [-0.05, 0) is 43.0 Å². The Morgan fingerprint density at radius 1 is 1.16 bits per heavy atom. The molecule has 32 heavy (non-hydrogen) atoms. The van der Waals surface area contributed by atoms with Gasteiger partial charge in [0.2, 0.25) is 14.3 Å². The van der Waals surface area contributed by atoms with Crippen LogP contribution in [0.3, 0.4) is 0 Å². The van der Waals surface area contributed by atoms with Crippen LogP contribution in [0, 0.1) is 5.92 Å². The van der Waals surface area contributed by atoms with E-state index >= 15 is 4.11 Å². The third-order valence-electron chi connectivity index (χ3n) is 7.55. The van der Waals surface area contributed by atoms with Crippen LogP contribution in [0.4, 0.5) is 4.11 Å². The minimum absolute atomic E-state index is 0.0254. The molecule has 1 saturated heterocycles. The number of carbonyl (C=O) groups is 1. The Balaban J connectivity index is 1.67. The summed E-state index contributed by atoms with van der Waals surface area (Å²) in [6.07, 6.45) is 7.52. The van der Waals surface area contributed by atoms with E-state index in [1.54, 1.807) is 18.0 Å². The molecule has 6 heteroatoms. The number of benzene rings is 1. The fourth-order valence-electron chi connectivity index (χ4n) is 5.86. The summed E-state index contributed by atoms with van der Waals surface area (Å²) < 4.78 is 21.8. The van der Waals surface area contributed by atoms with Crippen LogP contribution in [0.15, 0.2) is 24.3 Å². The summed E-state index contributed by atoms with van der Waals surface area (Å²) in [5.74, 6) is 0.115. The molecule has 180 valence electrons. The number of ether oxygens (including phenoxy) is 1. The summed E-state index contributed by atoms with van der Waals surface area (Å²) in [5, 5.41) is 9.94. The second-order valence-electron chi connectivity index (χ2n) is 10.4. The minimum Gasteiger partial charge on any atom is -0.394 e. The van der Waals surface area contributed by atoms with Gasteiger partial charge in [-0.15, -0.1) is 0 Å². The summed E-state index contributed by atoms with van der Waals surface area (Å²) in [7, 11) is -3.00. The van der Waals surface area contributed by atoms with Crippen molar-refractivity contribution in [2.75, 3.05) is 6.61 Å². The van der Waals surface area contributed by atoms with Gasteiger partial charge < -0.3 is 18.9 Å². The van der Waals surface area contributed by atoms with E-state index < -0.39 is 8.41 Å². The number of aliphatic hydroxyl groups excluding tert-OH is 1. The number of unbranched alkanes of at least 4 members (excludes halogenated alkanes) is 4. The molecule has 0 bridgehead atoms.